The van der Waals surface area contributed by atoms with E-state index in [1.807, 2.05) is 0 Å². The molecule has 0 bridgehead atoms. The highest BCUT2D eigenvalue weighted by molar-refractivity contribution is 5.97. The molecule has 0 saturated carbocycles. The van der Waals surface area contributed by atoms with Gasteiger partial charge in [0.15, 0.2) is 12.4 Å². The Hall–Kier alpha value is -2.83. The van der Waals surface area contributed by atoms with Gasteiger partial charge in [0.05, 0.1) is 10.5 Å². The standard InChI is InChI=1S/C14H9F2NO4/c15-9-5-6-10(11(16)7-9)13(18)8-21-14-4-2-1-3-12(14)17(19)20/h1-7H,8H2. The number of rotatable bonds is 5. The van der Waals surface area contributed by atoms with Crippen molar-refractivity contribution in [1.82, 2.24) is 0 Å². The Balaban J connectivity index is 2.13. The molecule has 5 nitrogen and oxygen atoms in total. The van der Waals surface area contributed by atoms with Gasteiger partial charge in [-0.1, -0.05) is 12.1 Å². The van der Waals surface area contributed by atoms with Gasteiger partial charge in [0.2, 0.25) is 5.78 Å². The zero-order valence-corrected chi connectivity index (χ0v) is 10.6. The van der Waals surface area contributed by atoms with Crippen LogP contribution in [0.25, 0.3) is 0 Å². The number of halogens is 2. The molecule has 2 aromatic rings. The average Bonchev–Trinajstić information content (AvgIpc) is 2.45. The van der Waals surface area contributed by atoms with Gasteiger partial charge < -0.3 is 4.74 Å². The first-order chi connectivity index (χ1) is 9.99. The lowest BCUT2D eigenvalue weighted by Crippen LogP contribution is -2.14. The van der Waals surface area contributed by atoms with Crippen LogP contribution in [-0.2, 0) is 0 Å². The van der Waals surface area contributed by atoms with E-state index in [1.54, 1.807) is 0 Å². The molecule has 0 aromatic heterocycles. The second kappa shape index (κ2) is 6.08. The maximum absolute atomic E-state index is 13.4. The monoisotopic (exact) mass is 293 g/mol. The number of hydrogen-bond donors (Lipinski definition) is 0. The van der Waals surface area contributed by atoms with Crippen LogP contribution in [0.2, 0.25) is 0 Å². The van der Waals surface area contributed by atoms with Crippen molar-refractivity contribution in [2.24, 2.45) is 0 Å². The van der Waals surface area contributed by atoms with E-state index in [9.17, 15) is 23.7 Å². The fourth-order valence-electron chi connectivity index (χ4n) is 1.67. The summed E-state index contributed by atoms with van der Waals surface area (Å²) in [6.45, 7) is -0.590. The summed E-state index contributed by atoms with van der Waals surface area (Å²) in [6.07, 6.45) is 0. The van der Waals surface area contributed by atoms with Crippen LogP contribution in [-0.4, -0.2) is 17.3 Å². The van der Waals surface area contributed by atoms with E-state index in [4.69, 9.17) is 4.74 Å². The fourth-order valence-corrected chi connectivity index (χ4v) is 1.67. The number of ether oxygens (including phenoxy) is 1. The first-order valence-corrected chi connectivity index (χ1v) is 5.83. The van der Waals surface area contributed by atoms with Gasteiger partial charge in [-0.25, -0.2) is 8.78 Å². The fraction of sp³-hybridized carbons (Fsp3) is 0.0714. The third kappa shape index (κ3) is 3.38. The molecule has 21 heavy (non-hydrogen) atoms. The van der Waals surface area contributed by atoms with Crippen molar-refractivity contribution in [1.29, 1.82) is 0 Å². The highest BCUT2D eigenvalue weighted by Gasteiger charge is 2.17. The second-order valence-corrected chi connectivity index (χ2v) is 4.06. The molecule has 0 N–H and O–H groups in total. The van der Waals surface area contributed by atoms with Gasteiger partial charge in [-0.2, -0.15) is 0 Å². The predicted octanol–water partition coefficient (Wildman–Crippen LogP) is 3.13. The molecule has 2 aromatic carbocycles. The SMILES string of the molecule is O=C(COc1ccccc1[N+](=O)[O-])c1ccc(F)cc1F. The van der Waals surface area contributed by atoms with Crippen LogP contribution < -0.4 is 4.74 Å². The first-order valence-electron chi connectivity index (χ1n) is 5.83. The van der Waals surface area contributed by atoms with E-state index in [0.29, 0.717) is 6.07 Å². The van der Waals surface area contributed by atoms with Crippen LogP contribution in [0.15, 0.2) is 42.5 Å². The van der Waals surface area contributed by atoms with Gasteiger partial charge in [-0.05, 0) is 18.2 Å². The maximum atomic E-state index is 13.4. The number of nitrogens with zero attached hydrogens (tertiary/aromatic N) is 1. The summed E-state index contributed by atoms with van der Waals surface area (Å²) in [4.78, 5) is 21.9. The lowest BCUT2D eigenvalue weighted by Gasteiger charge is -2.06. The molecule has 0 aliphatic heterocycles. The molecule has 0 aliphatic rings. The zero-order valence-electron chi connectivity index (χ0n) is 10.6. The molecule has 0 unspecified atom stereocenters. The van der Waals surface area contributed by atoms with Crippen LogP contribution in [0, 0.1) is 21.7 Å². The summed E-state index contributed by atoms with van der Waals surface area (Å²) in [7, 11) is 0. The van der Waals surface area contributed by atoms with Gasteiger partial charge in [-0.15, -0.1) is 0 Å². The minimum atomic E-state index is -1.01. The van der Waals surface area contributed by atoms with Crippen LogP contribution in [0.5, 0.6) is 5.75 Å². The van der Waals surface area contributed by atoms with E-state index < -0.39 is 28.9 Å². The number of nitro benzene ring substituents is 1. The number of Topliss-reactive ketones (excluding diaryl/α,β-unsaturated/α-hetero) is 1. The third-order valence-corrected chi connectivity index (χ3v) is 2.65. The van der Waals surface area contributed by atoms with Gasteiger partial charge in [0.1, 0.15) is 11.6 Å². The third-order valence-electron chi connectivity index (χ3n) is 2.65. The maximum Gasteiger partial charge on any atom is 0.310 e. The number of benzene rings is 2. The number of nitro groups is 1. The van der Waals surface area contributed by atoms with Crippen molar-refractivity contribution in [3.05, 3.63) is 69.8 Å². The Morgan fingerprint density at radius 3 is 2.57 bits per heavy atom. The molecular weight excluding hydrogens is 284 g/mol. The van der Waals surface area contributed by atoms with Crippen LogP contribution in [0.1, 0.15) is 10.4 Å². The molecular formula is C14H9F2NO4. The lowest BCUT2D eigenvalue weighted by atomic mass is 10.1. The highest BCUT2D eigenvalue weighted by Crippen LogP contribution is 2.26. The number of carbonyl (C=O) groups is 1. The highest BCUT2D eigenvalue weighted by atomic mass is 19.1. The molecule has 108 valence electrons. The Morgan fingerprint density at radius 2 is 1.90 bits per heavy atom. The van der Waals surface area contributed by atoms with E-state index in [0.717, 1.165) is 12.1 Å². The second-order valence-electron chi connectivity index (χ2n) is 4.06. The molecule has 0 heterocycles. The summed E-state index contributed by atoms with van der Waals surface area (Å²) in [5.74, 6) is -2.65. The molecule has 0 fully saturated rings. The van der Waals surface area contributed by atoms with Gasteiger partial charge >= 0.3 is 5.69 Å². The number of carbonyl (C=O) groups excluding carboxylic acids is 1. The molecule has 7 heteroatoms. The van der Waals surface area contributed by atoms with Crippen molar-refractivity contribution >= 4 is 11.5 Å². The number of ketones is 1. The van der Waals surface area contributed by atoms with Gasteiger partial charge in [0, 0.05) is 12.1 Å². The van der Waals surface area contributed by atoms with Crippen LogP contribution in [0.4, 0.5) is 14.5 Å². The molecule has 0 atom stereocenters. The van der Waals surface area contributed by atoms with E-state index in [2.05, 4.69) is 0 Å². The molecule has 0 amide bonds. The first kappa shape index (κ1) is 14.6. The summed E-state index contributed by atoms with van der Waals surface area (Å²) in [5.41, 5.74) is -0.639. The molecule has 0 saturated heterocycles. The zero-order chi connectivity index (χ0) is 15.4. The Labute approximate surface area is 117 Å². The molecule has 0 aliphatic carbocycles. The summed E-state index contributed by atoms with van der Waals surface area (Å²) < 4.78 is 31.2. The quantitative estimate of drug-likeness (QED) is 0.482. The van der Waals surface area contributed by atoms with Crippen molar-refractivity contribution in [3.8, 4) is 5.75 Å². The predicted molar refractivity (Wildman–Crippen MR) is 69.3 cm³/mol. The average molecular weight is 293 g/mol. The molecule has 0 spiro atoms. The van der Waals surface area contributed by atoms with E-state index in [1.165, 1.54) is 24.3 Å². The molecule has 2 rings (SSSR count). The smallest absolute Gasteiger partial charge is 0.310 e. The summed E-state index contributed by atoms with van der Waals surface area (Å²) >= 11 is 0. The van der Waals surface area contributed by atoms with Crippen molar-refractivity contribution in [2.45, 2.75) is 0 Å². The number of hydrogen-bond acceptors (Lipinski definition) is 4. The Kier molecular flexibility index (Phi) is 4.22. The van der Waals surface area contributed by atoms with Crippen molar-refractivity contribution in [2.75, 3.05) is 6.61 Å². The van der Waals surface area contributed by atoms with E-state index >= 15 is 0 Å². The minimum absolute atomic E-state index is 0.0987. The Bertz CT molecular complexity index is 703. The summed E-state index contributed by atoms with van der Waals surface area (Å²) in [5, 5.41) is 10.8. The van der Waals surface area contributed by atoms with E-state index in [-0.39, 0.29) is 17.0 Å². The van der Waals surface area contributed by atoms with Gasteiger partial charge in [-0.3, -0.25) is 14.9 Å². The van der Waals surface area contributed by atoms with Crippen molar-refractivity contribution in [3.63, 3.8) is 0 Å². The van der Waals surface area contributed by atoms with Gasteiger partial charge in [0.25, 0.3) is 0 Å². The van der Waals surface area contributed by atoms with Crippen LogP contribution >= 0.6 is 0 Å². The Morgan fingerprint density at radius 1 is 1.19 bits per heavy atom. The number of para-hydroxylation sites is 2. The minimum Gasteiger partial charge on any atom is -0.478 e. The van der Waals surface area contributed by atoms with Crippen LogP contribution in [0.3, 0.4) is 0 Å². The normalized spacial score (nSPS) is 10.2. The largest absolute Gasteiger partial charge is 0.478 e. The summed E-state index contributed by atoms with van der Waals surface area (Å²) in [6, 6.07) is 8.03. The van der Waals surface area contributed by atoms with Crippen molar-refractivity contribution < 1.29 is 23.2 Å². The lowest BCUT2D eigenvalue weighted by molar-refractivity contribution is -0.385. The molecule has 0 radical (unpaired) electrons. The topological polar surface area (TPSA) is 69.4 Å².